The number of hydrogen-bond donors (Lipinski definition) is 2. The maximum atomic E-state index is 12.5. The number of anilines is 1. The second-order valence-corrected chi connectivity index (χ2v) is 5.98. The van der Waals surface area contributed by atoms with Crippen molar-refractivity contribution in [3.8, 4) is 0 Å². The molecule has 0 aromatic heterocycles. The molecule has 1 aromatic carbocycles. The number of para-hydroxylation sites is 1. The van der Waals surface area contributed by atoms with Crippen molar-refractivity contribution in [1.29, 1.82) is 0 Å². The molecule has 6 nitrogen and oxygen atoms in total. The molecule has 0 saturated carbocycles. The quantitative estimate of drug-likeness (QED) is 0.766. The van der Waals surface area contributed by atoms with Crippen molar-refractivity contribution in [3.05, 3.63) is 29.8 Å². The van der Waals surface area contributed by atoms with E-state index in [2.05, 4.69) is 5.32 Å². The first-order valence-corrected chi connectivity index (χ1v) is 7.91. The van der Waals surface area contributed by atoms with Gasteiger partial charge in [-0.2, -0.15) is 0 Å². The zero-order valence-electron chi connectivity index (χ0n) is 13.9. The monoisotopic (exact) mass is 318 g/mol. The van der Waals surface area contributed by atoms with Crippen molar-refractivity contribution in [1.82, 2.24) is 4.90 Å². The molecule has 1 heterocycles. The van der Waals surface area contributed by atoms with Crippen molar-refractivity contribution in [2.75, 3.05) is 31.5 Å². The first-order chi connectivity index (χ1) is 10.9. The Morgan fingerprint density at radius 3 is 2.30 bits per heavy atom. The van der Waals surface area contributed by atoms with Gasteiger partial charge in [0.05, 0.1) is 31.9 Å². The predicted molar refractivity (Wildman–Crippen MR) is 87.5 cm³/mol. The number of nitrogens with one attached hydrogen (secondary N) is 2. The van der Waals surface area contributed by atoms with Crippen LogP contribution in [0.25, 0.3) is 0 Å². The lowest BCUT2D eigenvalue weighted by Gasteiger charge is -2.34. The minimum atomic E-state index is -0.232. The van der Waals surface area contributed by atoms with Crippen LogP contribution in [0.4, 0.5) is 5.69 Å². The van der Waals surface area contributed by atoms with Crippen LogP contribution in [0, 0.1) is 0 Å². The first kappa shape index (κ1) is 17.1. The van der Waals surface area contributed by atoms with Crippen LogP contribution in [0.5, 0.6) is 0 Å². The van der Waals surface area contributed by atoms with Crippen LogP contribution in [0.2, 0.25) is 0 Å². The Morgan fingerprint density at radius 2 is 1.74 bits per heavy atom. The number of ketones is 1. The van der Waals surface area contributed by atoms with Gasteiger partial charge in [0, 0.05) is 12.5 Å². The molecular formula is C17H24N3O3+. The molecule has 1 fully saturated rings. The molecule has 2 N–H and O–H groups in total. The molecule has 1 saturated heterocycles. The summed E-state index contributed by atoms with van der Waals surface area (Å²) in [6, 6.07) is 6.79. The van der Waals surface area contributed by atoms with Gasteiger partial charge in [-0.25, -0.2) is 0 Å². The van der Waals surface area contributed by atoms with Crippen molar-refractivity contribution in [2.24, 2.45) is 0 Å². The van der Waals surface area contributed by atoms with E-state index in [-0.39, 0.29) is 23.6 Å². The molecule has 1 aliphatic heterocycles. The van der Waals surface area contributed by atoms with Crippen molar-refractivity contribution in [2.45, 2.75) is 26.8 Å². The number of rotatable bonds is 4. The summed E-state index contributed by atoms with van der Waals surface area (Å²) in [6.07, 6.45) is 0. The zero-order valence-corrected chi connectivity index (χ0v) is 13.9. The molecule has 2 amide bonds. The Balaban J connectivity index is 1.99. The van der Waals surface area contributed by atoms with Gasteiger partial charge >= 0.3 is 0 Å². The molecule has 0 unspecified atom stereocenters. The van der Waals surface area contributed by atoms with E-state index >= 15 is 0 Å². The Kier molecular flexibility index (Phi) is 5.50. The van der Waals surface area contributed by atoms with Gasteiger partial charge in [0.25, 0.3) is 5.91 Å². The third-order valence-electron chi connectivity index (χ3n) is 4.42. The second-order valence-electron chi connectivity index (χ2n) is 5.98. The summed E-state index contributed by atoms with van der Waals surface area (Å²) in [5.74, 6) is -0.0995. The van der Waals surface area contributed by atoms with Crippen LogP contribution < -0.4 is 10.2 Å². The summed E-state index contributed by atoms with van der Waals surface area (Å²) in [4.78, 5) is 38.4. The van der Waals surface area contributed by atoms with Crippen LogP contribution >= 0.6 is 0 Å². The van der Waals surface area contributed by atoms with Crippen molar-refractivity contribution >= 4 is 23.3 Å². The summed E-state index contributed by atoms with van der Waals surface area (Å²) < 4.78 is 0. The third-order valence-corrected chi connectivity index (χ3v) is 4.42. The maximum Gasteiger partial charge on any atom is 0.282 e. The topological polar surface area (TPSA) is 70.9 Å². The average Bonchev–Trinajstić information content (AvgIpc) is 2.54. The van der Waals surface area contributed by atoms with E-state index in [1.165, 1.54) is 6.92 Å². The van der Waals surface area contributed by atoms with E-state index in [0.717, 1.165) is 18.0 Å². The molecular weight excluding hydrogens is 294 g/mol. The lowest BCUT2D eigenvalue weighted by atomic mass is 10.1. The smallest absolute Gasteiger partial charge is 0.282 e. The van der Waals surface area contributed by atoms with Gasteiger partial charge < -0.3 is 15.1 Å². The number of nitrogens with zero attached hydrogens (tertiary/aromatic N) is 1. The molecule has 0 aliphatic carbocycles. The standard InChI is InChI=1S/C17H23N3O3/c1-12(19-8-10-20(11-9-19)14(3)22)17(23)18-16-7-5-4-6-15(16)13(2)21/h4-7,12H,8-11H2,1-3H3,(H,18,23)/p+1/t12-/m0/s1. The number of amides is 2. The van der Waals surface area contributed by atoms with Gasteiger partial charge in [-0.1, -0.05) is 12.1 Å². The molecule has 0 radical (unpaired) electrons. The predicted octanol–water partition coefficient (Wildman–Crippen LogP) is -0.0368. The fraction of sp³-hybridized carbons (Fsp3) is 0.471. The minimum Gasteiger partial charge on any atom is -0.332 e. The number of Topliss-reactive ketones (excluding diaryl/α,β-unsaturated/α-hetero) is 1. The van der Waals surface area contributed by atoms with Gasteiger partial charge in [0.2, 0.25) is 5.91 Å². The van der Waals surface area contributed by atoms with E-state index in [0.29, 0.717) is 24.3 Å². The maximum absolute atomic E-state index is 12.5. The van der Waals surface area contributed by atoms with Crippen LogP contribution in [-0.2, 0) is 9.59 Å². The summed E-state index contributed by atoms with van der Waals surface area (Å²) in [5.41, 5.74) is 1.07. The highest BCUT2D eigenvalue weighted by Crippen LogP contribution is 2.15. The molecule has 0 bridgehead atoms. The van der Waals surface area contributed by atoms with E-state index in [9.17, 15) is 14.4 Å². The fourth-order valence-electron chi connectivity index (χ4n) is 2.87. The Labute approximate surface area is 136 Å². The third kappa shape index (κ3) is 4.16. The minimum absolute atomic E-state index is 0.0732. The summed E-state index contributed by atoms with van der Waals surface area (Å²) in [6.45, 7) is 7.79. The highest BCUT2D eigenvalue weighted by molar-refractivity contribution is 6.04. The molecule has 1 atom stereocenters. The molecule has 1 aliphatic rings. The van der Waals surface area contributed by atoms with Crippen molar-refractivity contribution in [3.63, 3.8) is 0 Å². The number of carbonyl (C=O) groups is 3. The van der Waals surface area contributed by atoms with Crippen molar-refractivity contribution < 1.29 is 19.3 Å². The number of carbonyl (C=O) groups excluding carboxylic acids is 3. The molecule has 6 heteroatoms. The van der Waals surface area contributed by atoms with Gasteiger partial charge in [0.1, 0.15) is 0 Å². The normalized spacial score (nSPS) is 16.7. The number of hydrogen-bond acceptors (Lipinski definition) is 3. The van der Waals surface area contributed by atoms with Crippen LogP contribution in [0.1, 0.15) is 31.1 Å². The average molecular weight is 318 g/mol. The summed E-state index contributed by atoms with van der Waals surface area (Å²) in [7, 11) is 0. The van der Waals surface area contributed by atoms with E-state index in [1.54, 1.807) is 36.1 Å². The van der Waals surface area contributed by atoms with Crippen LogP contribution in [0.3, 0.4) is 0 Å². The van der Waals surface area contributed by atoms with Gasteiger partial charge in [0.15, 0.2) is 11.8 Å². The first-order valence-electron chi connectivity index (χ1n) is 7.91. The molecule has 0 spiro atoms. The second kappa shape index (κ2) is 7.37. The fourth-order valence-corrected chi connectivity index (χ4v) is 2.87. The van der Waals surface area contributed by atoms with Crippen LogP contribution in [0.15, 0.2) is 24.3 Å². The van der Waals surface area contributed by atoms with E-state index in [4.69, 9.17) is 0 Å². The molecule has 23 heavy (non-hydrogen) atoms. The Morgan fingerprint density at radius 1 is 1.13 bits per heavy atom. The summed E-state index contributed by atoms with van der Waals surface area (Å²) in [5, 5.41) is 2.86. The lowest BCUT2D eigenvalue weighted by molar-refractivity contribution is -0.917. The van der Waals surface area contributed by atoms with Gasteiger partial charge in [-0.3, -0.25) is 14.4 Å². The van der Waals surface area contributed by atoms with Gasteiger partial charge in [-0.05, 0) is 26.0 Å². The highest BCUT2D eigenvalue weighted by atomic mass is 16.2. The van der Waals surface area contributed by atoms with E-state index in [1.807, 2.05) is 6.92 Å². The molecule has 2 rings (SSSR count). The molecule has 124 valence electrons. The SMILES string of the molecule is CC(=O)c1ccccc1NC(=O)[C@H](C)[NH+]1CCN(C(C)=O)CC1. The number of piperazine rings is 1. The Hall–Kier alpha value is -2.21. The Bertz CT molecular complexity index is 607. The highest BCUT2D eigenvalue weighted by Gasteiger charge is 2.30. The number of benzene rings is 1. The lowest BCUT2D eigenvalue weighted by Crippen LogP contribution is -3.19. The number of quaternary nitrogens is 1. The molecule has 1 aromatic rings. The largest absolute Gasteiger partial charge is 0.332 e. The zero-order chi connectivity index (χ0) is 17.0. The van der Waals surface area contributed by atoms with Gasteiger partial charge in [-0.15, -0.1) is 0 Å². The van der Waals surface area contributed by atoms with E-state index < -0.39 is 0 Å². The summed E-state index contributed by atoms with van der Waals surface area (Å²) >= 11 is 0. The van der Waals surface area contributed by atoms with Crippen LogP contribution in [-0.4, -0.2) is 54.7 Å².